The van der Waals surface area contributed by atoms with Crippen LogP contribution in [0.15, 0.2) is 24.5 Å². The number of carbonyl (C=O) groups is 2. The lowest BCUT2D eigenvalue weighted by Crippen LogP contribution is -2.29. The van der Waals surface area contributed by atoms with Crippen molar-refractivity contribution in [3.05, 3.63) is 30.1 Å². The maximum Gasteiger partial charge on any atom is 0.308 e. The van der Waals surface area contributed by atoms with Gasteiger partial charge in [0.2, 0.25) is 5.91 Å². The van der Waals surface area contributed by atoms with Gasteiger partial charge in [-0.15, -0.1) is 0 Å². The number of likely N-dealkylation sites (tertiary alicyclic amines) is 2. The minimum atomic E-state index is -0.783. The van der Waals surface area contributed by atoms with Crippen molar-refractivity contribution in [2.75, 3.05) is 26.2 Å². The number of pyridine rings is 1. The highest BCUT2D eigenvalue weighted by Crippen LogP contribution is 2.31. The van der Waals surface area contributed by atoms with E-state index in [1.54, 1.807) is 4.90 Å². The predicted molar refractivity (Wildman–Crippen MR) is 98.6 cm³/mol. The summed E-state index contributed by atoms with van der Waals surface area (Å²) in [5.41, 5.74) is 1.31. The van der Waals surface area contributed by atoms with E-state index < -0.39 is 5.97 Å². The lowest BCUT2D eigenvalue weighted by atomic mass is 10.1. The number of aliphatic carboxylic acids is 1. The molecular weight excluding hydrogens is 330 g/mol. The van der Waals surface area contributed by atoms with E-state index in [4.69, 9.17) is 5.11 Å². The first-order chi connectivity index (χ1) is 12.6. The molecule has 3 heterocycles. The average Bonchev–Trinajstić information content (AvgIpc) is 3.32. The molecule has 3 rings (SSSR count). The summed E-state index contributed by atoms with van der Waals surface area (Å²) in [6.07, 6.45) is 10.4. The predicted octanol–water partition coefficient (Wildman–Crippen LogP) is 2.71. The Morgan fingerprint density at radius 1 is 1.19 bits per heavy atom. The smallest absolute Gasteiger partial charge is 0.308 e. The van der Waals surface area contributed by atoms with Gasteiger partial charge in [-0.05, 0) is 56.8 Å². The van der Waals surface area contributed by atoms with Crippen LogP contribution >= 0.6 is 0 Å². The van der Waals surface area contributed by atoms with Gasteiger partial charge in [-0.3, -0.25) is 19.5 Å². The Labute approximate surface area is 155 Å². The molecule has 0 saturated carbocycles. The van der Waals surface area contributed by atoms with Gasteiger partial charge in [0.1, 0.15) is 0 Å². The Morgan fingerprint density at radius 3 is 2.81 bits per heavy atom. The van der Waals surface area contributed by atoms with E-state index in [1.165, 1.54) is 18.4 Å². The third-order valence-electron chi connectivity index (χ3n) is 5.66. The van der Waals surface area contributed by atoms with E-state index in [2.05, 4.69) is 16.0 Å². The molecule has 1 N–H and O–H groups in total. The zero-order valence-corrected chi connectivity index (χ0v) is 15.3. The van der Waals surface area contributed by atoms with Gasteiger partial charge < -0.3 is 10.0 Å². The number of carboxylic acids is 1. The zero-order chi connectivity index (χ0) is 18.4. The molecule has 26 heavy (non-hydrogen) atoms. The molecule has 142 valence electrons. The first-order valence-electron chi connectivity index (χ1n) is 9.79. The molecule has 1 amide bonds. The highest BCUT2D eigenvalue weighted by atomic mass is 16.4. The van der Waals surface area contributed by atoms with Crippen LogP contribution in [0, 0.1) is 5.92 Å². The van der Waals surface area contributed by atoms with Crippen LogP contribution in [0.3, 0.4) is 0 Å². The lowest BCUT2D eigenvalue weighted by molar-refractivity contribution is -0.141. The minimum Gasteiger partial charge on any atom is -0.481 e. The second kappa shape index (κ2) is 9.12. The van der Waals surface area contributed by atoms with Gasteiger partial charge in [0.05, 0.1) is 5.92 Å². The van der Waals surface area contributed by atoms with Gasteiger partial charge in [0.15, 0.2) is 0 Å². The molecule has 0 aliphatic carbocycles. The van der Waals surface area contributed by atoms with Gasteiger partial charge in [0.25, 0.3) is 0 Å². The zero-order valence-electron chi connectivity index (χ0n) is 15.3. The molecule has 2 fully saturated rings. The summed E-state index contributed by atoms with van der Waals surface area (Å²) in [7, 11) is 0. The number of carbonyl (C=O) groups excluding carboxylic acids is 1. The van der Waals surface area contributed by atoms with Crippen LogP contribution in [0.1, 0.15) is 56.6 Å². The van der Waals surface area contributed by atoms with Crippen molar-refractivity contribution in [1.82, 2.24) is 14.8 Å². The van der Waals surface area contributed by atoms with Crippen molar-refractivity contribution < 1.29 is 14.7 Å². The van der Waals surface area contributed by atoms with E-state index in [0.29, 0.717) is 32.0 Å². The molecule has 0 radical (unpaired) electrons. The third kappa shape index (κ3) is 4.81. The summed E-state index contributed by atoms with van der Waals surface area (Å²) in [5.74, 6) is -1.05. The second-order valence-electron chi connectivity index (χ2n) is 7.45. The van der Waals surface area contributed by atoms with E-state index >= 15 is 0 Å². The number of hydrogen-bond donors (Lipinski definition) is 1. The van der Waals surface area contributed by atoms with E-state index in [0.717, 1.165) is 32.4 Å². The lowest BCUT2D eigenvalue weighted by Gasteiger charge is -2.24. The summed E-state index contributed by atoms with van der Waals surface area (Å²) in [6, 6.07) is 4.66. The maximum absolute atomic E-state index is 12.2. The summed E-state index contributed by atoms with van der Waals surface area (Å²) in [4.78, 5) is 31.7. The molecule has 2 aliphatic heterocycles. The molecule has 1 aromatic rings. The molecular formula is C20H29N3O3. The molecule has 2 aliphatic rings. The Hall–Kier alpha value is -1.95. The topological polar surface area (TPSA) is 73.7 Å². The van der Waals surface area contributed by atoms with Crippen LogP contribution in [0.4, 0.5) is 0 Å². The number of nitrogens with zero attached hydrogens (tertiary/aromatic N) is 3. The van der Waals surface area contributed by atoms with Gasteiger partial charge >= 0.3 is 5.97 Å². The Balaban J connectivity index is 1.33. The molecule has 2 atom stereocenters. The molecule has 0 unspecified atom stereocenters. The largest absolute Gasteiger partial charge is 0.481 e. The molecule has 0 aromatic carbocycles. The Morgan fingerprint density at radius 2 is 2.08 bits per heavy atom. The van der Waals surface area contributed by atoms with Crippen molar-refractivity contribution in [2.45, 2.75) is 51.0 Å². The van der Waals surface area contributed by atoms with Gasteiger partial charge in [-0.2, -0.15) is 0 Å². The Kier molecular flexibility index (Phi) is 6.61. The normalized spacial score (nSPS) is 23.5. The van der Waals surface area contributed by atoms with E-state index in [1.807, 2.05) is 18.5 Å². The number of amides is 1. The fourth-order valence-electron chi connectivity index (χ4n) is 4.16. The monoisotopic (exact) mass is 359 g/mol. The van der Waals surface area contributed by atoms with Gasteiger partial charge in [-0.25, -0.2) is 0 Å². The number of aromatic nitrogens is 1. The van der Waals surface area contributed by atoms with Crippen molar-refractivity contribution in [1.29, 1.82) is 0 Å². The standard InChI is InChI=1S/C20H29N3O3/c24-19(23-13-9-17(15-23)20(25)26)8-2-1-3-11-22-12-5-7-18(22)16-6-4-10-21-14-16/h4,6,10,14,17-18H,1-3,5,7-9,11-13,15H2,(H,25,26)/t17-,18-/m0/s1. The number of rotatable bonds is 8. The molecule has 6 heteroatoms. The summed E-state index contributed by atoms with van der Waals surface area (Å²) in [5, 5.41) is 9.02. The van der Waals surface area contributed by atoms with Crippen LogP contribution in [0.2, 0.25) is 0 Å². The highest BCUT2D eigenvalue weighted by Gasteiger charge is 2.30. The van der Waals surface area contributed by atoms with Gasteiger partial charge in [-0.1, -0.05) is 12.5 Å². The molecule has 1 aromatic heterocycles. The quantitative estimate of drug-likeness (QED) is 0.723. The fraction of sp³-hybridized carbons (Fsp3) is 0.650. The van der Waals surface area contributed by atoms with Crippen molar-refractivity contribution in [2.24, 2.45) is 5.92 Å². The highest BCUT2D eigenvalue weighted by molar-refractivity contribution is 5.78. The van der Waals surface area contributed by atoms with Crippen molar-refractivity contribution in [3.8, 4) is 0 Å². The molecule has 0 bridgehead atoms. The first-order valence-corrected chi connectivity index (χ1v) is 9.79. The van der Waals surface area contributed by atoms with Crippen LogP contribution in [-0.4, -0.2) is 57.9 Å². The minimum absolute atomic E-state index is 0.114. The van der Waals surface area contributed by atoms with Crippen molar-refractivity contribution >= 4 is 11.9 Å². The van der Waals surface area contributed by atoms with E-state index in [-0.39, 0.29) is 11.8 Å². The van der Waals surface area contributed by atoms with Crippen molar-refractivity contribution in [3.63, 3.8) is 0 Å². The SMILES string of the molecule is O=C(O)[C@H]1CCN(C(=O)CCCCCN2CCC[C@H]2c2cccnc2)C1. The fourth-order valence-corrected chi connectivity index (χ4v) is 4.16. The molecule has 2 saturated heterocycles. The third-order valence-corrected chi connectivity index (χ3v) is 5.66. The van der Waals surface area contributed by atoms with Gasteiger partial charge in [0, 0.05) is 37.9 Å². The Bertz CT molecular complexity index is 608. The molecule has 6 nitrogen and oxygen atoms in total. The number of carboxylic acid groups (broad SMARTS) is 1. The van der Waals surface area contributed by atoms with E-state index in [9.17, 15) is 9.59 Å². The summed E-state index contributed by atoms with van der Waals surface area (Å²) >= 11 is 0. The number of hydrogen-bond acceptors (Lipinski definition) is 4. The van der Waals surface area contributed by atoms with Crippen LogP contribution in [0.25, 0.3) is 0 Å². The molecule has 0 spiro atoms. The number of unbranched alkanes of at least 4 members (excludes halogenated alkanes) is 2. The average molecular weight is 359 g/mol. The van der Waals surface area contributed by atoms with Crippen LogP contribution < -0.4 is 0 Å². The maximum atomic E-state index is 12.2. The summed E-state index contributed by atoms with van der Waals surface area (Å²) in [6.45, 7) is 3.19. The van der Waals surface area contributed by atoms with Crippen LogP contribution in [0.5, 0.6) is 0 Å². The van der Waals surface area contributed by atoms with Crippen LogP contribution in [-0.2, 0) is 9.59 Å². The summed E-state index contributed by atoms with van der Waals surface area (Å²) < 4.78 is 0. The first kappa shape index (κ1) is 18.8. The second-order valence-corrected chi connectivity index (χ2v) is 7.45.